The highest BCUT2D eigenvalue weighted by Gasteiger charge is 2.18. The highest BCUT2D eigenvalue weighted by Crippen LogP contribution is 2.04. The quantitative estimate of drug-likeness (QED) is 0.416. The molecule has 0 aromatic carbocycles. The van der Waals surface area contributed by atoms with Crippen LogP contribution in [-0.4, -0.2) is 49.7 Å². The standard InChI is InChI=1S/C7H14N2O2/c1-8(11-2)7(10)3-4-9-5-6-9/h3-6H2,1-2H3. The summed E-state index contributed by atoms with van der Waals surface area (Å²) in [6.45, 7) is 3.15. The first kappa shape index (κ1) is 8.49. The van der Waals surface area contributed by atoms with Gasteiger partial charge in [-0.1, -0.05) is 0 Å². The van der Waals surface area contributed by atoms with E-state index in [1.165, 1.54) is 12.2 Å². The van der Waals surface area contributed by atoms with Crippen molar-refractivity contribution in [2.45, 2.75) is 6.42 Å². The van der Waals surface area contributed by atoms with Crippen LogP contribution >= 0.6 is 0 Å². The highest BCUT2D eigenvalue weighted by atomic mass is 16.7. The van der Waals surface area contributed by atoms with E-state index in [-0.39, 0.29) is 5.91 Å². The minimum atomic E-state index is 0.0411. The van der Waals surface area contributed by atoms with Gasteiger partial charge in [0.15, 0.2) is 0 Å². The third-order valence-electron chi connectivity index (χ3n) is 1.81. The molecule has 0 atom stereocenters. The van der Waals surface area contributed by atoms with Crippen LogP contribution < -0.4 is 0 Å². The Hall–Kier alpha value is -0.610. The summed E-state index contributed by atoms with van der Waals surface area (Å²) < 4.78 is 0. The summed E-state index contributed by atoms with van der Waals surface area (Å²) in [5, 5.41) is 1.27. The van der Waals surface area contributed by atoms with Crippen LogP contribution in [0.3, 0.4) is 0 Å². The fourth-order valence-corrected chi connectivity index (χ4v) is 0.807. The summed E-state index contributed by atoms with van der Waals surface area (Å²) in [6, 6.07) is 0. The molecule has 64 valence electrons. The Balaban J connectivity index is 2.08. The van der Waals surface area contributed by atoms with Gasteiger partial charge in [-0.3, -0.25) is 9.63 Å². The lowest BCUT2D eigenvalue weighted by Gasteiger charge is -2.12. The Morgan fingerprint density at radius 1 is 1.64 bits per heavy atom. The number of carbonyl (C=O) groups is 1. The predicted molar refractivity (Wildman–Crippen MR) is 40.8 cm³/mol. The van der Waals surface area contributed by atoms with Crippen LogP contribution in [0.2, 0.25) is 0 Å². The molecule has 1 aliphatic rings. The molecule has 0 radical (unpaired) electrons. The lowest BCUT2D eigenvalue weighted by molar-refractivity contribution is -0.168. The van der Waals surface area contributed by atoms with E-state index < -0.39 is 0 Å². The first-order valence-corrected chi connectivity index (χ1v) is 3.77. The number of hydroxylamine groups is 2. The Morgan fingerprint density at radius 3 is 2.73 bits per heavy atom. The largest absolute Gasteiger partial charge is 0.300 e. The van der Waals surface area contributed by atoms with E-state index in [4.69, 9.17) is 4.84 Å². The highest BCUT2D eigenvalue weighted by molar-refractivity contribution is 5.74. The monoisotopic (exact) mass is 158 g/mol. The first-order chi connectivity index (χ1) is 5.24. The maximum atomic E-state index is 11.1. The third kappa shape index (κ3) is 2.86. The van der Waals surface area contributed by atoms with Crippen molar-refractivity contribution < 1.29 is 9.63 Å². The van der Waals surface area contributed by atoms with E-state index in [1.807, 2.05) is 0 Å². The van der Waals surface area contributed by atoms with Gasteiger partial charge in [0.2, 0.25) is 5.91 Å². The van der Waals surface area contributed by atoms with Gasteiger partial charge in [-0.15, -0.1) is 0 Å². The summed E-state index contributed by atoms with van der Waals surface area (Å²) in [4.78, 5) is 18.0. The lowest BCUT2D eigenvalue weighted by atomic mass is 10.4. The maximum absolute atomic E-state index is 11.1. The lowest BCUT2D eigenvalue weighted by Crippen LogP contribution is -2.26. The molecule has 0 saturated carbocycles. The zero-order valence-electron chi connectivity index (χ0n) is 7.04. The van der Waals surface area contributed by atoms with Crippen LogP contribution in [0.15, 0.2) is 0 Å². The van der Waals surface area contributed by atoms with Crippen molar-refractivity contribution in [2.24, 2.45) is 0 Å². The molecular weight excluding hydrogens is 144 g/mol. The molecule has 1 rings (SSSR count). The molecule has 4 heteroatoms. The van der Waals surface area contributed by atoms with Crippen molar-refractivity contribution in [3.05, 3.63) is 0 Å². The number of carbonyl (C=O) groups excluding carboxylic acids is 1. The third-order valence-corrected chi connectivity index (χ3v) is 1.81. The molecule has 0 spiro atoms. The minimum Gasteiger partial charge on any atom is -0.300 e. The van der Waals surface area contributed by atoms with Gasteiger partial charge < -0.3 is 4.90 Å². The molecule has 1 aliphatic heterocycles. The molecule has 4 nitrogen and oxygen atoms in total. The molecule has 0 aromatic heterocycles. The normalized spacial score (nSPS) is 16.5. The molecule has 0 unspecified atom stereocenters. The second-order valence-electron chi connectivity index (χ2n) is 2.67. The number of rotatable bonds is 4. The Morgan fingerprint density at radius 2 is 2.27 bits per heavy atom. The Kier molecular flexibility index (Phi) is 2.84. The second-order valence-corrected chi connectivity index (χ2v) is 2.67. The molecule has 1 amide bonds. The van der Waals surface area contributed by atoms with Crippen LogP contribution in [0.1, 0.15) is 6.42 Å². The van der Waals surface area contributed by atoms with E-state index >= 15 is 0 Å². The second kappa shape index (κ2) is 3.69. The van der Waals surface area contributed by atoms with Gasteiger partial charge in [0.1, 0.15) is 0 Å². The van der Waals surface area contributed by atoms with Gasteiger partial charge in [0, 0.05) is 33.1 Å². The van der Waals surface area contributed by atoms with Crippen molar-refractivity contribution >= 4 is 5.91 Å². The number of hydrogen-bond acceptors (Lipinski definition) is 3. The predicted octanol–water partition coefficient (Wildman–Crippen LogP) is -0.288. The summed E-state index contributed by atoms with van der Waals surface area (Å²) in [5.74, 6) is 0.0411. The Labute approximate surface area is 66.7 Å². The molecule has 1 fully saturated rings. The summed E-state index contributed by atoms with van der Waals surface area (Å²) in [5.41, 5.74) is 0. The number of nitrogens with zero attached hydrogens (tertiary/aromatic N) is 2. The van der Waals surface area contributed by atoms with Crippen LogP contribution in [0.25, 0.3) is 0 Å². The zero-order chi connectivity index (χ0) is 8.27. The van der Waals surface area contributed by atoms with Crippen LogP contribution in [0.4, 0.5) is 0 Å². The van der Waals surface area contributed by atoms with Crippen LogP contribution in [0.5, 0.6) is 0 Å². The van der Waals surface area contributed by atoms with E-state index in [0.29, 0.717) is 6.42 Å². The van der Waals surface area contributed by atoms with E-state index in [0.717, 1.165) is 19.6 Å². The molecular formula is C7H14N2O2. The average molecular weight is 158 g/mol. The maximum Gasteiger partial charge on any atom is 0.247 e. The molecule has 11 heavy (non-hydrogen) atoms. The molecule has 0 bridgehead atoms. The minimum absolute atomic E-state index is 0.0411. The number of amides is 1. The van der Waals surface area contributed by atoms with Crippen molar-refractivity contribution in [1.82, 2.24) is 9.96 Å². The van der Waals surface area contributed by atoms with Gasteiger partial charge in [0.25, 0.3) is 0 Å². The van der Waals surface area contributed by atoms with Gasteiger partial charge in [-0.05, 0) is 0 Å². The van der Waals surface area contributed by atoms with Crippen LogP contribution in [-0.2, 0) is 9.63 Å². The van der Waals surface area contributed by atoms with Gasteiger partial charge >= 0.3 is 0 Å². The fraction of sp³-hybridized carbons (Fsp3) is 0.857. The Bertz CT molecular complexity index is 145. The van der Waals surface area contributed by atoms with Gasteiger partial charge in [-0.25, -0.2) is 5.06 Å². The molecule has 1 heterocycles. The summed E-state index contributed by atoms with van der Waals surface area (Å²) >= 11 is 0. The number of hydrogen-bond donors (Lipinski definition) is 0. The van der Waals surface area contributed by atoms with Crippen molar-refractivity contribution in [1.29, 1.82) is 0 Å². The SMILES string of the molecule is CON(C)C(=O)CCN1CC1. The van der Waals surface area contributed by atoms with E-state index in [2.05, 4.69) is 4.90 Å². The van der Waals surface area contributed by atoms with E-state index in [9.17, 15) is 4.79 Å². The van der Waals surface area contributed by atoms with Crippen molar-refractivity contribution in [3.8, 4) is 0 Å². The average Bonchev–Trinajstić information content (AvgIpc) is 2.81. The summed E-state index contributed by atoms with van der Waals surface area (Å²) in [7, 11) is 3.12. The topological polar surface area (TPSA) is 32.5 Å². The molecule has 0 aromatic rings. The molecule has 0 aliphatic carbocycles. The molecule has 1 saturated heterocycles. The van der Waals surface area contributed by atoms with Crippen molar-refractivity contribution in [3.63, 3.8) is 0 Å². The summed E-state index contributed by atoms with van der Waals surface area (Å²) in [6.07, 6.45) is 0.560. The van der Waals surface area contributed by atoms with E-state index in [1.54, 1.807) is 7.05 Å². The molecule has 0 N–H and O–H groups in total. The zero-order valence-corrected chi connectivity index (χ0v) is 7.04. The first-order valence-electron chi connectivity index (χ1n) is 3.77. The van der Waals surface area contributed by atoms with Gasteiger partial charge in [0.05, 0.1) is 7.11 Å². The van der Waals surface area contributed by atoms with Crippen molar-refractivity contribution in [2.75, 3.05) is 33.8 Å². The van der Waals surface area contributed by atoms with Gasteiger partial charge in [-0.2, -0.15) is 0 Å². The smallest absolute Gasteiger partial charge is 0.247 e. The fourth-order valence-electron chi connectivity index (χ4n) is 0.807. The van der Waals surface area contributed by atoms with Crippen LogP contribution in [0, 0.1) is 0 Å².